The quantitative estimate of drug-likeness (QED) is 0.300. The molecule has 3 aromatic carbocycles. The van der Waals surface area contributed by atoms with E-state index in [9.17, 15) is 9.59 Å². The third-order valence-corrected chi connectivity index (χ3v) is 5.21. The van der Waals surface area contributed by atoms with Crippen molar-refractivity contribution in [2.75, 3.05) is 19.0 Å². The maximum atomic E-state index is 12.3. The molecule has 2 N–H and O–H groups in total. The van der Waals surface area contributed by atoms with Crippen LogP contribution in [0.15, 0.2) is 80.8 Å². The van der Waals surface area contributed by atoms with Gasteiger partial charge in [-0.3, -0.25) is 9.59 Å². The molecule has 0 saturated heterocycles. The Bertz CT molecular complexity index is 1130. The molecule has 0 saturated carbocycles. The molecule has 32 heavy (non-hydrogen) atoms. The van der Waals surface area contributed by atoms with E-state index in [1.54, 1.807) is 60.7 Å². The van der Waals surface area contributed by atoms with Gasteiger partial charge in [-0.15, -0.1) is 0 Å². The first-order chi connectivity index (χ1) is 15.5. The Morgan fingerprint density at radius 1 is 0.969 bits per heavy atom. The van der Waals surface area contributed by atoms with Crippen LogP contribution >= 0.6 is 31.9 Å². The Morgan fingerprint density at radius 2 is 1.69 bits per heavy atom. The average molecular weight is 561 g/mol. The summed E-state index contributed by atoms with van der Waals surface area (Å²) in [5, 5.41) is 6.76. The van der Waals surface area contributed by atoms with E-state index in [4.69, 9.17) is 9.47 Å². The summed E-state index contributed by atoms with van der Waals surface area (Å²) >= 11 is 6.73. The summed E-state index contributed by atoms with van der Waals surface area (Å²) in [6, 6.07) is 19.3. The van der Waals surface area contributed by atoms with Crippen molar-refractivity contribution in [3.8, 4) is 11.5 Å². The van der Waals surface area contributed by atoms with E-state index in [0.29, 0.717) is 28.3 Å². The minimum atomic E-state index is -0.345. The fourth-order valence-electron chi connectivity index (χ4n) is 2.66. The van der Waals surface area contributed by atoms with Crippen LogP contribution in [0.25, 0.3) is 0 Å². The van der Waals surface area contributed by atoms with Gasteiger partial charge in [0, 0.05) is 20.1 Å². The number of hydrazone groups is 1. The molecule has 0 fully saturated rings. The molecule has 164 valence electrons. The van der Waals surface area contributed by atoms with Crippen LogP contribution in [0.5, 0.6) is 11.5 Å². The third kappa shape index (κ3) is 6.66. The molecule has 3 aromatic rings. The molecule has 9 heteroatoms. The summed E-state index contributed by atoms with van der Waals surface area (Å²) in [6.45, 7) is -0.216. The van der Waals surface area contributed by atoms with E-state index >= 15 is 0 Å². The van der Waals surface area contributed by atoms with Crippen molar-refractivity contribution in [2.45, 2.75) is 0 Å². The van der Waals surface area contributed by atoms with Crippen molar-refractivity contribution in [3.63, 3.8) is 0 Å². The molecule has 0 unspecified atom stereocenters. The van der Waals surface area contributed by atoms with Crippen molar-refractivity contribution >= 4 is 55.6 Å². The van der Waals surface area contributed by atoms with Crippen LogP contribution in [-0.4, -0.2) is 31.7 Å². The summed E-state index contributed by atoms with van der Waals surface area (Å²) in [7, 11) is 1.53. The monoisotopic (exact) mass is 559 g/mol. The molecule has 3 rings (SSSR count). The molecule has 0 aromatic heterocycles. The van der Waals surface area contributed by atoms with E-state index in [2.05, 4.69) is 47.7 Å². The first-order valence-corrected chi connectivity index (χ1v) is 11.0. The van der Waals surface area contributed by atoms with Gasteiger partial charge in [0.2, 0.25) is 0 Å². The summed E-state index contributed by atoms with van der Waals surface area (Å²) in [5.74, 6) is 0.301. The van der Waals surface area contributed by atoms with E-state index in [0.717, 1.165) is 8.95 Å². The number of nitrogens with zero attached hydrogens (tertiary/aromatic N) is 1. The van der Waals surface area contributed by atoms with Gasteiger partial charge in [-0.25, -0.2) is 5.43 Å². The molecule has 2 amide bonds. The van der Waals surface area contributed by atoms with Crippen molar-refractivity contribution in [3.05, 3.63) is 86.8 Å². The fraction of sp³-hybridized carbons (Fsp3) is 0.0870. The summed E-state index contributed by atoms with van der Waals surface area (Å²) in [5.41, 5.74) is 4.09. The van der Waals surface area contributed by atoms with E-state index in [1.165, 1.54) is 13.3 Å². The predicted molar refractivity (Wildman–Crippen MR) is 130 cm³/mol. The van der Waals surface area contributed by atoms with E-state index in [-0.39, 0.29) is 18.4 Å². The second-order valence-corrected chi connectivity index (χ2v) is 8.26. The van der Waals surface area contributed by atoms with Crippen LogP contribution in [-0.2, 0) is 4.79 Å². The smallest absolute Gasteiger partial charge is 0.271 e. The summed E-state index contributed by atoms with van der Waals surface area (Å²) < 4.78 is 12.6. The van der Waals surface area contributed by atoms with Crippen LogP contribution in [0.4, 0.5) is 5.69 Å². The molecule has 0 aliphatic heterocycles. The number of benzene rings is 3. The van der Waals surface area contributed by atoms with Crippen LogP contribution < -0.4 is 20.2 Å². The molecule has 0 heterocycles. The Kier molecular flexibility index (Phi) is 8.41. The predicted octanol–water partition coefficient (Wildman–Crippen LogP) is 5.00. The standard InChI is InChI=1S/C23H19Br2N3O4/c1-31-21-5-3-2-4-19(21)27-22(29)14-32-20-11-10-18(25)12-16(20)13-26-28-23(30)15-6-8-17(24)9-7-15/h2-13H,14H2,1H3,(H,27,29)(H,28,30)/b26-13+. The van der Waals surface area contributed by atoms with Gasteiger partial charge in [-0.1, -0.05) is 44.0 Å². The highest BCUT2D eigenvalue weighted by Gasteiger charge is 2.10. The van der Waals surface area contributed by atoms with Gasteiger partial charge in [-0.2, -0.15) is 5.10 Å². The molecule has 0 bridgehead atoms. The number of carbonyl (C=O) groups is 2. The van der Waals surface area contributed by atoms with Crippen molar-refractivity contribution in [1.29, 1.82) is 0 Å². The Labute approximate surface area is 202 Å². The number of para-hydroxylation sites is 2. The summed E-state index contributed by atoms with van der Waals surface area (Å²) in [4.78, 5) is 24.5. The van der Waals surface area contributed by atoms with Gasteiger partial charge in [-0.05, 0) is 54.6 Å². The molecule has 7 nitrogen and oxygen atoms in total. The van der Waals surface area contributed by atoms with Crippen molar-refractivity contribution in [2.24, 2.45) is 5.10 Å². The lowest BCUT2D eigenvalue weighted by atomic mass is 10.2. The van der Waals surface area contributed by atoms with Crippen LogP contribution in [0.3, 0.4) is 0 Å². The lowest BCUT2D eigenvalue weighted by Gasteiger charge is -2.12. The highest BCUT2D eigenvalue weighted by molar-refractivity contribution is 9.10. The fourth-order valence-corrected chi connectivity index (χ4v) is 3.30. The molecule has 0 aliphatic carbocycles. The number of hydrogen-bond donors (Lipinski definition) is 2. The first kappa shape index (κ1) is 23.5. The third-order valence-electron chi connectivity index (χ3n) is 4.19. The lowest BCUT2D eigenvalue weighted by Crippen LogP contribution is -2.21. The number of rotatable bonds is 8. The van der Waals surface area contributed by atoms with Crippen LogP contribution in [0.2, 0.25) is 0 Å². The van der Waals surface area contributed by atoms with Crippen molar-refractivity contribution < 1.29 is 19.1 Å². The maximum Gasteiger partial charge on any atom is 0.271 e. The van der Waals surface area contributed by atoms with Gasteiger partial charge in [0.15, 0.2) is 6.61 Å². The highest BCUT2D eigenvalue weighted by atomic mass is 79.9. The molecule has 0 aliphatic rings. The van der Waals surface area contributed by atoms with E-state index < -0.39 is 0 Å². The van der Waals surface area contributed by atoms with Crippen LogP contribution in [0, 0.1) is 0 Å². The zero-order chi connectivity index (χ0) is 22.9. The van der Waals surface area contributed by atoms with Gasteiger partial charge >= 0.3 is 0 Å². The molecule has 0 spiro atoms. The number of anilines is 1. The number of methoxy groups -OCH3 is 1. The van der Waals surface area contributed by atoms with Gasteiger partial charge in [0.05, 0.1) is 19.0 Å². The second kappa shape index (κ2) is 11.4. The molecular formula is C23H19Br2N3O4. The normalized spacial score (nSPS) is 10.6. The Morgan fingerprint density at radius 3 is 2.44 bits per heavy atom. The zero-order valence-electron chi connectivity index (χ0n) is 17.0. The largest absolute Gasteiger partial charge is 0.495 e. The van der Waals surface area contributed by atoms with E-state index in [1.807, 2.05) is 6.07 Å². The zero-order valence-corrected chi connectivity index (χ0v) is 20.1. The first-order valence-electron chi connectivity index (χ1n) is 9.40. The number of carbonyl (C=O) groups excluding carboxylic acids is 2. The second-order valence-electron chi connectivity index (χ2n) is 6.43. The molecule has 0 radical (unpaired) electrons. The number of halogens is 2. The van der Waals surface area contributed by atoms with Gasteiger partial charge in [0.1, 0.15) is 11.5 Å². The number of nitrogens with one attached hydrogen (secondary N) is 2. The highest BCUT2D eigenvalue weighted by Crippen LogP contribution is 2.24. The SMILES string of the molecule is COc1ccccc1NC(=O)COc1ccc(Br)cc1/C=N/NC(=O)c1ccc(Br)cc1. The Balaban J connectivity index is 1.63. The number of amides is 2. The molecular weight excluding hydrogens is 542 g/mol. The maximum absolute atomic E-state index is 12.3. The summed E-state index contributed by atoms with van der Waals surface area (Å²) in [6.07, 6.45) is 1.45. The topological polar surface area (TPSA) is 89.0 Å². The lowest BCUT2D eigenvalue weighted by molar-refractivity contribution is -0.118. The van der Waals surface area contributed by atoms with Crippen LogP contribution in [0.1, 0.15) is 15.9 Å². The number of ether oxygens (including phenoxy) is 2. The minimum Gasteiger partial charge on any atom is -0.495 e. The molecule has 0 atom stereocenters. The average Bonchev–Trinajstić information content (AvgIpc) is 2.79. The van der Waals surface area contributed by atoms with Crippen molar-refractivity contribution in [1.82, 2.24) is 5.43 Å². The minimum absolute atomic E-state index is 0.216. The number of hydrogen-bond acceptors (Lipinski definition) is 5. The Hall–Kier alpha value is -3.17. The van der Waals surface area contributed by atoms with Gasteiger partial charge in [0.25, 0.3) is 11.8 Å². The van der Waals surface area contributed by atoms with Gasteiger partial charge < -0.3 is 14.8 Å².